The van der Waals surface area contributed by atoms with Crippen LogP contribution < -0.4 is 0 Å². The highest BCUT2D eigenvalue weighted by molar-refractivity contribution is 5.19. The molecule has 0 spiro atoms. The average molecular weight is 181 g/mol. The maximum Gasteiger partial charge on any atom is 0.212 e. The first-order chi connectivity index (χ1) is 6.24. The zero-order valence-electron chi connectivity index (χ0n) is 7.09. The van der Waals surface area contributed by atoms with Gasteiger partial charge in [-0.3, -0.25) is 10.1 Å². The topological polar surface area (TPSA) is 63.4 Å². The first kappa shape index (κ1) is 9.67. The molecule has 0 fully saturated rings. The zero-order chi connectivity index (χ0) is 9.68. The molecule has 13 heavy (non-hydrogen) atoms. The fourth-order valence-corrected chi connectivity index (χ4v) is 1.17. The maximum atomic E-state index is 10.2. The van der Waals surface area contributed by atoms with Crippen LogP contribution in [-0.4, -0.2) is 23.2 Å². The van der Waals surface area contributed by atoms with Crippen molar-refractivity contribution < 1.29 is 10.0 Å². The van der Waals surface area contributed by atoms with Crippen molar-refractivity contribution in [2.45, 2.75) is 5.92 Å². The Kier molecular flexibility index (Phi) is 3.40. The lowest BCUT2D eigenvalue weighted by Crippen LogP contribution is -2.15. The molecule has 4 heteroatoms. The smallest absolute Gasteiger partial charge is 0.212 e. The van der Waals surface area contributed by atoms with Gasteiger partial charge in [0.05, 0.1) is 12.5 Å². The Bertz CT molecular complexity index is 273. The summed E-state index contributed by atoms with van der Waals surface area (Å²) in [5, 5.41) is 19.2. The Morgan fingerprint density at radius 1 is 1.38 bits per heavy atom. The van der Waals surface area contributed by atoms with Crippen molar-refractivity contribution in [1.29, 1.82) is 0 Å². The summed E-state index contributed by atoms with van der Waals surface area (Å²) >= 11 is 0. The van der Waals surface area contributed by atoms with Crippen LogP contribution in [0.25, 0.3) is 0 Å². The maximum absolute atomic E-state index is 10.2. The third kappa shape index (κ3) is 2.83. The van der Waals surface area contributed by atoms with Crippen LogP contribution in [0.1, 0.15) is 11.5 Å². The molecule has 0 aliphatic rings. The third-order valence-corrected chi connectivity index (χ3v) is 1.86. The minimum atomic E-state index is -0.409. The Labute approximate surface area is 76.0 Å². The van der Waals surface area contributed by atoms with Gasteiger partial charge in [0, 0.05) is 4.92 Å². The first-order valence-corrected chi connectivity index (χ1v) is 4.01. The standard InChI is InChI=1S/C9H11NO3/c11-7-9(6-10(12)13)8-4-2-1-3-5-8/h1-5,9,11H,6-7H2. The first-order valence-electron chi connectivity index (χ1n) is 4.01. The minimum Gasteiger partial charge on any atom is -0.395 e. The Hall–Kier alpha value is -1.42. The summed E-state index contributed by atoms with van der Waals surface area (Å²) in [6, 6.07) is 9.01. The van der Waals surface area contributed by atoms with E-state index in [9.17, 15) is 10.1 Å². The monoisotopic (exact) mass is 181 g/mol. The largest absolute Gasteiger partial charge is 0.395 e. The van der Waals surface area contributed by atoms with Crippen LogP contribution in [-0.2, 0) is 0 Å². The number of nitro groups is 1. The molecule has 0 saturated carbocycles. The molecular weight excluding hydrogens is 170 g/mol. The van der Waals surface area contributed by atoms with Gasteiger partial charge in [0.25, 0.3) is 0 Å². The molecule has 1 aromatic rings. The number of aliphatic hydroxyl groups is 1. The number of hydrogen-bond acceptors (Lipinski definition) is 3. The van der Waals surface area contributed by atoms with Crippen molar-refractivity contribution in [3.05, 3.63) is 46.0 Å². The lowest BCUT2D eigenvalue weighted by atomic mass is 10.0. The molecule has 1 rings (SSSR count). The molecule has 0 saturated heterocycles. The fourth-order valence-electron chi connectivity index (χ4n) is 1.17. The van der Waals surface area contributed by atoms with Crippen LogP contribution in [0.5, 0.6) is 0 Å². The molecule has 0 amide bonds. The van der Waals surface area contributed by atoms with Crippen molar-refractivity contribution in [1.82, 2.24) is 0 Å². The van der Waals surface area contributed by atoms with E-state index in [1.807, 2.05) is 6.07 Å². The van der Waals surface area contributed by atoms with E-state index in [1.54, 1.807) is 24.3 Å². The SMILES string of the molecule is O=[N+]([O-])CC(CO)c1ccccc1. The van der Waals surface area contributed by atoms with Crippen LogP contribution >= 0.6 is 0 Å². The van der Waals surface area contributed by atoms with Gasteiger partial charge in [0.1, 0.15) is 0 Å². The molecule has 0 aliphatic carbocycles. The minimum absolute atomic E-state index is 0.189. The van der Waals surface area contributed by atoms with Gasteiger partial charge in [0.2, 0.25) is 6.54 Å². The van der Waals surface area contributed by atoms with Gasteiger partial charge in [0.15, 0.2) is 0 Å². The highest BCUT2D eigenvalue weighted by Gasteiger charge is 2.15. The zero-order valence-corrected chi connectivity index (χ0v) is 7.09. The molecule has 0 aliphatic heterocycles. The van der Waals surface area contributed by atoms with Crippen molar-refractivity contribution in [2.75, 3.05) is 13.2 Å². The summed E-state index contributed by atoms with van der Waals surface area (Å²) in [5.74, 6) is -0.392. The molecule has 1 N–H and O–H groups in total. The molecule has 0 bridgehead atoms. The highest BCUT2D eigenvalue weighted by atomic mass is 16.6. The predicted molar refractivity (Wildman–Crippen MR) is 48.1 cm³/mol. The normalized spacial score (nSPS) is 12.4. The number of nitrogens with zero attached hydrogens (tertiary/aromatic N) is 1. The molecule has 4 nitrogen and oxygen atoms in total. The van der Waals surface area contributed by atoms with Crippen LogP contribution in [0.3, 0.4) is 0 Å². The van der Waals surface area contributed by atoms with Crippen molar-refractivity contribution in [3.63, 3.8) is 0 Å². The van der Waals surface area contributed by atoms with Crippen molar-refractivity contribution in [3.8, 4) is 0 Å². The van der Waals surface area contributed by atoms with Gasteiger partial charge in [-0.15, -0.1) is 0 Å². The Morgan fingerprint density at radius 3 is 2.46 bits per heavy atom. The summed E-state index contributed by atoms with van der Waals surface area (Å²) in [6.45, 7) is -0.411. The average Bonchev–Trinajstić information content (AvgIpc) is 2.15. The van der Waals surface area contributed by atoms with Gasteiger partial charge in [-0.25, -0.2) is 0 Å². The lowest BCUT2D eigenvalue weighted by molar-refractivity contribution is -0.484. The van der Waals surface area contributed by atoms with E-state index in [4.69, 9.17) is 5.11 Å². The van der Waals surface area contributed by atoms with Crippen LogP contribution in [0, 0.1) is 10.1 Å². The van der Waals surface area contributed by atoms with Crippen LogP contribution in [0.2, 0.25) is 0 Å². The molecule has 0 heterocycles. The van der Waals surface area contributed by atoms with Gasteiger partial charge in [-0.05, 0) is 5.56 Å². The molecule has 1 aromatic carbocycles. The summed E-state index contributed by atoms with van der Waals surface area (Å²) < 4.78 is 0. The van der Waals surface area contributed by atoms with E-state index in [-0.39, 0.29) is 13.2 Å². The summed E-state index contributed by atoms with van der Waals surface area (Å²) in [5.41, 5.74) is 0.807. The number of hydrogen-bond donors (Lipinski definition) is 1. The highest BCUT2D eigenvalue weighted by Crippen LogP contribution is 2.14. The quantitative estimate of drug-likeness (QED) is 0.557. The lowest BCUT2D eigenvalue weighted by Gasteiger charge is -2.08. The molecular formula is C9H11NO3. The number of aliphatic hydroxyl groups excluding tert-OH is 1. The fraction of sp³-hybridized carbons (Fsp3) is 0.333. The van der Waals surface area contributed by atoms with Crippen LogP contribution in [0.15, 0.2) is 30.3 Å². The summed E-state index contributed by atoms with van der Waals surface area (Å²) in [7, 11) is 0. The Balaban J connectivity index is 2.73. The van der Waals surface area contributed by atoms with Gasteiger partial charge in [-0.1, -0.05) is 30.3 Å². The summed E-state index contributed by atoms with van der Waals surface area (Å²) in [4.78, 5) is 9.83. The van der Waals surface area contributed by atoms with E-state index in [1.165, 1.54) is 0 Å². The second-order valence-electron chi connectivity index (χ2n) is 2.81. The second kappa shape index (κ2) is 4.57. The van der Waals surface area contributed by atoms with Gasteiger partial charge in [-0.2, -0.15) is 0 Å². The molecule has 1 unspecified atom stereocenters. The van der Waals surface area contributed by atoms with Crippen LogP contribution in [0.4, 0.5) is 0 Å². The van der Waals surface area contributed by atoms with E-state index in [2.05, 4.69) is 0 Å². The van der Waals surface area contributed by atoms with Gasteiger partial charge < -0.3 is 5.11 Å². The van der Waals surface area contributed by atoms with E-state index < -0.39 is 10.8 Å². The Morgan fingerprint density at radius 2 is 2.00 bits per heavy atom. The van der Waals surface area contributed by atoms with Crippen molar-refractivity contribution >= 4 is 0 Å². The summed E-state index contributed by atoms with van der Waals surface area (Å²) in [6.07, 6.45) is 0. The second-order valence-corrected chi connectivity index (χ2v) is 2.81. The molecule has 1 atom stereocenters. The number of benzene rings is 1. The number of rotatable bonds is 4. The third-order valence-electron chi connectivity index (χ3n) is 1.86. The molecule has 0 radical (unpaired) electrons. The van der Waals surface area contributed by atoms with E-state index in [0.29, 0.717) is 0 Å². The van der Waals surface area contributed by atoms with Gasteiger partial charge >= 0.3 is 0 Å². The van der Waals surface area contributed by atoms with Crippen molar-refractivity contribution in [2.24, 2.45) is 0 Å². The molecule has 70 valence electrons. The predicted octanol–water partition coefficient (Wildman–Crippen LogP) is 1.04. The molecule has 0 aromatic heterocycles. The van der Waals surface area contributed by atoms with E-state index >= 15 is 0 Å². The van der Waals surface area contributed by atoms with E-state index in [0.717, 1.165) is 5.56 Å².